The van der Waals surface area contributed by atoms with Gasteiger partial charge in [-0.25, -0.2) is 0 Å². The molecule has 0 aliphatic carbocycles. The minimum Gasteiger partial charge on any atom is -0.366 e. The molecule has 3 rings (SSSR count). The minimum atomic E-state index is -0.502. The van der Waals surface area contributed by atoms with Crippen molar-refractivity contribution in [2.45, 2.75) is 13.3 Å². The van der Waals surface area contributed by atoms with E-state index in [2.05, 4.69) is 11.6 Å². The van der Waals surface area contributed by atoms with Crippen LogP contribution >= 0.6 is 0 Å². The number of benzene rings is 1. The number of pyridine rings is 1. The molecule has 0 bridgehead atoms. The number of non-ortho nitro benzene ring substituents is 1. The highest BCUT2D eigenvalue weighted by Gasteiger charge is 2.40. The lowest BCUT2D eigenvalue weighted by molar-refractivity contribution is -0.384. The number of carbonyl (C=O) groups is 2. The molecule has 0 spiro atoms. The van der Waals surface area contributed by atoms with E-state index in [1.54, 1.807) is 12.4 Å². The van der Waals surface area contributed by atoms with Gasteiger partial charge in [-0.05, 0) is 48.7 Å². The Labute approximate surface area is 174 Å². The molecular formula is C22H22N4O4. The molecule has 30 heavy (non-hydrogen) atoms. The normalized spacial score (nSPS) is 13.7. The van der Waals surface area contributed by atoms with E-state index >= 15 is 0 Å². The molecule has 0 unspecified atom stereocenters. The number of likely N-dealkylation sites (N-methyl/N-ethyl adjacent to an activating group) is 1. The van der Waals surface area contributed by atoms with Crippen LogP contribution in [0.5, 0.6) is 0 Å². The van der Waals surface area contributed by atoms with Crippen LogP contribution in [0, 0.1) is 10.1 Å². The second kappa shape index (κ2) is 9.13. The van der Waals surface area contributed by atoms with Gasteiger partial charge in [0, 0.05) is 44.2 Å². The van der Waals surface area contributed by atoms with Crippen LogP contribution in [0.15, 0.2) is 67.1 Å². The zero-order valence-electron chi connectivity index (χ0n) is 16.7. The van der Waals surface area contributed by atoms with Gasteiger partial charge in [-0.15, -0.1) is 6.58 Å². The number of rotatable bonds is 9. The smallest absolute Gasteiger partial charge is 0.278 e. The van der Waals surface area contributed by atoms with Gasteiger partial charge in [-0.1, -0.05) is 6.08 Å². The minimum absolute atomic E-state index is 0.0781. The first-order valence-corrected chi connectivity index (χ1v) is 9.58. The molecule has 1 aromatic carbocycles. The third kappa shape index (κ3) is 4.12. The summed E-state index contributed by atoms with van der Waals surface area (Å²) in [7, 11) is 0. The maximum atomic E-state index is 13.1. The lowest BCUT2D eigenvalue weighted by atomic mass is 10.0. The maximum absolute atomic E-state index is 13.1. The molecule has 0 atom stereocenters. The molecule has 1 aromatic heterocycles. The number of imide groups is 1. The van der Waals surface area contributed by atoms with Gasteiger partial charge in [-0.3, -0.25) is 29.6 Å². The molecule has 8 heteroatoms. The van der Waals surface area contributed by atoms with Crippen LogP contribution in [0.3, 0.4) is 0 Å². The molecule has 0 N–H and O–H groups in total. The third-order valence-corrected chi connectivity index (χ3v) is 4.94. The third-order valence-electron chi connectivity index (χ3n) is 4.94. The molecule has 0 fully saturated rings. The average Bonchev–Trinajstić information content (AvgIpc) is 3.00. The zero-order valence-corrected chi connectivity index (χ0v) is 16.7. The van der Waals surface area contributed by atoms with Crippen molar-refractivity contribution >= 4 is 23.1 Å². The van der Waals surface area contributed by atoms with E-state index in [4.69, 9.17) is 0 Å². The van der Waals surface area contributed by atoms with Crippen LogP contribution in [0.25, 0.3) is 5.57 Å². The van der Waals surface area contributed by atoms with Crippen LogP contribution in [-0.4, -0.2) is 51.2 Å². The number of nitro groups is 1. The summed E-state index contributed by atoms with van der Waals surface area (Å²) in [6, 6.07) is 9.50. The first kappa shape index (κ1) is 20.9. The number of hydrogen-bond acceptors (Lipinski definition) is 6. The Balaban J connectivity index is 2.00. The van der Waals surface area contributed by atoms with Crippen LogP contribution < -0.4 is 0 Å². The fourth-order valence-electron chi connectivity index (χ4n) is 3.40. The predicted molar refractivity (Wildman–Crippen MR) is 112 cm³/mol. The monoisotopic (exact) mass is 406 g/mol. The number of hydrogen-bond donors (Lipinski definition) is 0. The standard InChI is InChI=1S/C22H22N4O4/c1-3-14-25-21(27)19(17-5-7-18(8-6-17)26(29)30)20(22(25)28)24(4-2)15-11-16-9-12-23-13-10-16/h3,5-10,12-13H,1,4,11,14-15H2,2H3. The lowest BCUT2D eigenvalue weighted by Crippen LogP contribution is -2.36. The molecule has 2 amide bonds. The largest absolute Gasteiger partial charge is 0.366 e. The van der Waals surface area contributed by atoms with Crippen molar-refractivity contribution in [1.29, 1.82) is 0 Å². The Morgan fingerprint density at radius 2 is 1.80 bits per heavy atom. The highest BCUT2D eigenvalue weighted by Crippen LogP contribution is 2.32. The van der Waals surface area contributed by atoms with Gasteiger partial charge in [-0.2, -0.15) is 0 Å². The molecule has 8 nitrogen and oxygen atoms in total. The van der Waals surface area contributed by atoms with E-state index in [1.165, 1.54) is 30.3 Å². The first-order valence-electron chi connectivity index (χ1n) is 9.58. The number of amides is 2. The van der Waals surface area contributed by atoms with Crippen molar-refractivity contribution in [1.82, 2.24) is 14.8 Å². The summed E-state index contributed by atoms with van der Waals surface area (Å²) in [4.78, 5) is 43.7. The van der Waals surface area contributed by atoms with Gasteiger partial charge >= 0.3 is 0 Å². The topological polar surface area (TPSA) is 96.7 Å². The van der Waals surface area contributed by atoms with Gasteiger partial charge in [0.1, 0.15) is 5.70 Å². The van der Waals surface area contributed by atoms with E-state index in [0.717, 1.165) is 10.5 Å². The molecule has 0 saturated heterocycles. The van der Waals surface area contributed by atoms with Crippen molar-refractivity contribution in [3.63, 3.8) is 0 Å². The molecule has 0 radical (unpaired) electrons. The Bertz CT molecular complexity index is 1000. The van der Waals surface area contributed by atoms with E-state index in [0.29, 0.717) is 30.8 Å². The van der Waals surface area contributed by atoms with Gasteiger partial charge in [0.2, 0.25) is 0 Å². The summed E-state index contributed by atoms with van der Waals surface area (Å²) < 4.78 is 0. The molecule has 0 saturated carbocycles. The SMILES string of the molecule is C=CCN1C(=O)C(c2ccc([N+](=O)[O-])cc2)=C(N(CC)CCc2ccncc2)C1=O. The Hall–Kier alpha value is -3.81. The van der Waals surface area contributed by atoms with Crippen molar-refractivity contribution in [2.24, 2.45) is 0 Å². The second-order valence-electron chi connectivity index (χ2n) is 6.72. The fourth-order valence-corrected chi connectivity index (χ4v) is 3.40. The molecule has 1 aliphatic rings. The number of carbonyl (C=O) groups excluding carboxylic acids is 2. The van der Waals surface area contributed by atoms with Crippen LogP contribution in [-0.2, 0) is 16.0 Å². The molecule has 2 heterocycles. The Kier molecular flexibility index (Phi) is 6.36. The van der Waals surface area contributed by atoms with Gasteiger partial charge in [0.25, 0.3) is 17.5 Å². The summed E-state index contributed by atoms with van der Waals surface area (Å²) in [5.41, 5.74) is 2.04. The van der Waals surface area contributed by atoms with Crippen LogP contribution in [0.4, 0.5) is 5.69 Å². The highest BCUT2D eigenvalue weighted by atomic mass is 16.6. The fraction of sp³-hybridized carbons (Fsp3) is 0.227. The van der Waals surface area contributed by atoms with E-state index < -0.39 is 10.8 Å². The van der Waals surface area contributed by atoms with Crippen molar-refractivity contribution in [2.75, 3.05) is 19.6 Å². The van der Waals surface area contributed by atoms with E-state index in [9.17, 15) is 19.7 Å². The number of aromatic nitrogens is 1. The average molecular weight is 406 g/mol. The number of nitro benzene ring substituents is 1. The predicted octanol–water partition coefficient (Wildman–Crippen LogP) is 2.82. The van der Waals surface area contributed by atoms with Crippen molar-refractivity contribution < 1.29 is 14.5 Å². The summed E-state index contributed by atoms with van der Waals surface area (Å²) in [5.74, 6) is -0.809. The first-order chi connectivity index (χ1) is 14.5. The summed E-state index contributed by atoms with van der Waals surface area (Å²) >= 11 is 0. The summed E-state index contributed by atoms with van der Waals surface area (Å²) in [5, 5.41) is 11.0. The van der Waals surface area contributed by atoms with Gasteiger partial charge in [0.15, 0.2) is 0 Å². The van der Waals surface area contributed by atoms with Crippen LogP contribution in [0.1, 0.15) is 18.1 Å². The Morgan fingerprint density at radius 3 is 2.37 bits per heavy atom. The quantitative estimate of drug-likeness (QED) is 0.275. The van der Waals surface area contributed by atoms with E-state index in [-0.39, 0.29) is 23.7 Å². The molecule has 154 valence electrons. The summed E-state index contributed by atoms with van der Waals surface area (Å²) in [6.45, 7) is 6.70. The Morgan fingerprint density at radius 1 is 1.13 bits per heavy atom. The lowest BCUT2D eigenvalue weighted by Gasteiger charge is -2.24. The zero-order chi connectivity index (χ0) is 21.7. The number of nitrogens with zero attached hydrogens (tertiary/aromatic N) is 4. The van der Waals surface area contributed by atoms with E-state index in [1.807, 2.05) is 24.0 Å². The molecular weight excluding hydrogens is 384 g/mol. The highest BCUT2D eigenvalue weighted by molar-refractivity contribution is 6.35. The maximum Gasteiger partial charge on any atom is 0.278 e. The second-order valence-corrected chi connectivity index (χ2v) is 6.72. The van der Waals surface area contributed by atoms with Gasteiger partial charge < -0.3 is 4.90 Å². The molecule has 1 aliphatic heterocycles. The molecule has 2 aromatic rings. The van der Waals surface area contributed by atoms with Gasteiger partial charge in [0.05, 0.1) is 10.5 Å². The van der Waals surface area contributed by atoms with Crippen molar-refractivity contribution in [3.05, 3.63) is 88.4 Å². The van der Waals surface area contributed by atoms with Crippen molar-refractivity contribution in [3.8, 4) is 0 Å². The summed E-state index contributed by atoms with van der Waals surface area (Å²) in [6.07, 6.45) is 5.60. The van der Waals surface area contributed by atoms with Crippen LogP contribution in [0.2, 0.25) is 0 Å².